The Bertz CT molecular complexity index is 556. The van der Waals surface area contributed by atoms with E-state index in [9.17, 15) is 4.39 Å². The van der Waals surface area contributed by atoms with E-state index in [0.29, 0.717) is 11.4 Å². The van der Waals surface area contributed by atoms with E-state index in [2.05, 4.69) is 15.4 Å². The highest BCUT2D eigenvalue weighted by molar-refractivity contribution is 5.31. The third-order valence-electron chi connectivity index (χ3n) is 2.78. The number of rotatable bonds is 3. The van der Waals surface area contributed by atoms with Crippen molar-refractivity contribution in [2.45, 2.75) is 19.9 Å². The molecule has 0 aliphatic heterocycles. The van der Waals surface area contributed by atoms with Crippen molar-refractivity contribution in [3.05, 3.63) is 58.9 Å². The molecule has 18 heavy (non-hydrogen) atoms. The van der Waals surface area contributed by atoms with Crippen molar-refractivity contribution in [2.75, 3.05) is 0 Å². The Balaban J connectivity index is 2.42. The van der Waals surface area contributed by atoms with Crippen LogP contribution in [-0.2, 0) is 0 Å². The molecule has 0 aliphatic rings. The second-order valence-corrected chi connectivity index (χ2v) is 4.14. The zero-order valence-electron chi connectivity index (χ0n) is 10.3. The lowest BCUT2D eigenvalue weighted by Gasteiger charge is -2.16. The molecule has 0 amide bonds. The first-order chi connectivity index (χ1) is 8.61. The summed E-state index contributed by atoms with van der Waals surface area (Å²) in [6, 6.07) is 6.41. The summed E-state index contributed by atoms with van der Waals surface area (Å²) in [4.78, 5) is 8.37. The van der Waals surface area contributed by atoms with Gasteiger partial charge in [-0.3, -0.25) is 5.84 Å². The Morgan fingerprint density at radius 3 is 2.67 bits per heavy atom. The SMILES string of the molecule is Cc1nccc(C(NN)c2ccc(F)c(C)c2)n1. The van der Waals surface area contributed by atoms with Crippen molar-refractivity contribution >= 4 is 0 Å². The molecule has 1 atom stereocenters. The maximum Gasteiger partial charge on any atom is 0.126 e. The molecule has 0 radical (unpaired) electrons. The molecule has 5 heteroatoms. The highest BCUT2D eigenvalue weighted by Crippen LogP contribution is 2.21. The van der Waals surface area contributed by atoms with Crippen LogP contribution >= 0.6 is 0 Å². The van der Waals surface area contributed by atoms with Crippen LogP contribution in [0.1, 0.15) is 28.7 Å². The van der Waals surface area contributed by atoms with Crippen molar-refractivity contribution in [1.29, 1.82) is 0 Å². The summed E-state index contributed by atoms with van der Waals surface area (Å²) in [6.45, 7) is 3.53. The van der Waals surface area contributed by atoms with Gasteiger partial charge in [-0.25, -0.2) is 19.8 Å². The first kappa shape index (κ1) is 12.6. The van der Waals surface area contributed by atoms with Crippen molar-refractivity contribution in [3.8, 4) is 0 Å². The monoisotopic (exact) mass is 246 g/mol. The van der Waals surface area contributed by atoms with Gasteiger partial charge in [0.2, 0.25) is 0 Å². The summed E-state index contributed by atoms with van der Waals surface area (Å²) in [7, 11) is 0. The van der Waals surface area contributed by atoms with Gasteiger partial charge >= 0.3 is 0 Å². The third kappa shape index (κ3) is 2.52. The molecule has 0 saturated heterocycles. The van der Waals surface area contributed by atoms with Crippen LogP contribution in [0.4, 0.5) is 4.39 Å². The highest BCUT2D eigenvalue weighted by atomic mass is 19.1. The lowest BCUT2D eigenvalue weighted by atomic mass is 10.0. The van der Waals surface area contributed by atoms with Crippen LogP contribution in [0.15, 0.2) is 30.5 Å². The number of nitrogens with one attached hydrogen (secondary N) is 1. The number of hydrogen-bond donors (Lipinski definition) is 2. The average Bonchev–Trinajstić information content (AvgIpc) is 2.35. The maximum atomic E-state index is 13.3. The molecule has 1 heterocycles. The number of aromatic nitrogens is 2. The van der Waals surface area contributed by atoms with Crippen LogP contribution in [-0.4, -0.2) is 9.97 Å². The Kier molecular flexibility index (Phi) is 3.64. The smallest absolute Gasteiger partial charge is 0.126 e. The van der Waals surface area contributed by atoms with E-state index < -0.39 is 0 Å². The van der Waals surface area contributed by atoms with Crippen LogP contribution in [0.5, 0.6) is 0 Å². The van der Waals surface area contributed by atoms with Gasteiger partial charge in [0, 0.05) is 6.20 Å². The highest BCUT2D eigenvalue weighted by Gasteiger charge is 2.15. The number of nitrogens with two attached hydrogens (primary N) is 1. The summed E-state index contributed by atoms with van der Waals surface area (Å²) >= 11 is 0. The van der Waals surface area contributed by atoms with Crippen molar-refractivity contribution in [2.24, 2.45) is 5.84 Å². The molecule has 2 aromatic rings. The predicted molar refractivity (Wildman–Crippen MR) is 67.1 cm³/mol. The van der Waals surface area contributed by atoms with Crippen LogP contribution in [0.3, 0.4) is 0 Å². The van der Waals surface area contributed by atoms with Gasteiger partial charge in [0.25, 0.3) is 0 Å². The molecular weight excluding hydrogens is 231 g/mol. The van der Waals surface area contributed by atoms with Gasteiger partial charge in [-0.1, -0.05) is 12.1 Å². The minimum absolute atomic E-state index is 0.228. The van der Waals surface area contributed by atoms with E-state index in [-0.39, 0.29) is 11.9 Å². The molecule has 0 fully saturated rings. The number of hydrogen-bond acceptors (Lipinski definition) is 4. The number of aryl methyl sites for hydroxylation is 2. The lowest BCUT2D eigenvalue weighted by molar-refractivity contribution is 0.600. The molecule has 2 rings (SSSR count). The Hall–Kier alpha value is -1.85. The van der Waals surface area contributed by atoms with Crippen LogP contribution in [0, 0.1) is 19.7 Å². The molecule has 1 unspecified atom stereocenters. The fraction of sp³-hybridized carbons (Fsp3) is 0.231. The van der Waals surface area contributed by atoms with Crippen molar-refractivity contribution in [3.63, 3.8) is 0 Å². The molecule has 0 spiro atoms. The summed E-state index contributed by atoms with van der Waals surface area (Å²) in [6.07, 6.45) is 1.68. The van der Waals surface area contributed by atoms with Gasteiger partial charge in [-0.15, -0.1) is 0 Å². The van der Waals surface area contributed by atoms with Crippen LogP contribution in [0.2, 0.25) is 0 Å². The summed E-state index contributed by atoms with van der Waals surface area (Å²) in [5.74, 6) is 6.02. The standard InChI is InChI=1S/C13H15FN4/c1-8-7-10(3-4-11(8)14)13(18-15)12-5-6-16-9(2)17-12/h3-7,13,18H,15H2,1-2H3. The van der Waals surface area contributed by atoms with E-state index >= 15 is 0 Å². The number of nitrogens with zero attached hydrogens (tertiary/aromatic N) is 2. The van der Waals surface area contributed by atoms with E-state index in [1.54, 1.807) is 31.3 Å². The maximum absolute atomic E-state index is 13.3. The molecule has 1 aromatic carbocycles. The number of hydrazine groups is 1. The predicted octanol–water partition coefficient (Wildman–Crippen LogP) is 1.79. The summed E-state index contributed by atoms with van der Waals surface area (Å²) in [5.41, 5.74) is 4.91. The quantitative estimate of drug-likeness (QED) is 0.640. The van der Waals surface area contributed by atoms with E-state index in [1.807, 2.05) is 6.92 Å². The fourth-order valence-corrected chi connectivity index (χ4v) is 1.84. The Labute approximate surface area is 105 Å². The molecule has 0 saturated carbocycles. The molecule has 1 aromatic heterocycles. The van der Waals surface area contributed by atoms with Gasteiger partial charge in [0.1, 0.15) is 11.6 Å². The topological polar surface area (TPSA) is 63.8 Å². The minimum Gasteiger partial charge on any atom is -0.271 e. The number of halogens is 1. The second kappa shape index (κ2) is 5.20. The lowest BCUT2D eigenvalue weighted by Crippen LogP contribution is -2.29. The van der Waals surface area contributed by atoms with Crippen molar-refractivity contribution in [1.82, 2.24) is 15.4 Å². The number of benzene rings is 1. The third-order valence-corrected chi connectivity index (χ3v) is 2.78. The van der Waals surface area contributed by atoms with Gasteiger partial charge in [0.05, 0.1) is 11.7 Å². The average molecular weight is 246 g/mol. The summed E-state index contributed by atoms with van der Waals surface area (Å²) < 4.78 is 13.3. The second-order valence-electron chi connectivity index (χ2n) is 4.14. The Morgan fingerprint density at radius 1 is 1.28 bits per heavy atom. The first-order valence-electron chi connectivity index (χ1n) is 5.63. The van der Waals surface area contributed by atoms with Crippen molar-refractivity contribution < 1.29 is 4.39 Å². The van der Waals surface area contributed by atoms with Crippen LogP contribution < -0.4 is 11.3 Å². The van der Waals surface area contributed by atoms with Gasteiger partial charge in [0.15, 0.2) is 0 Å². The largest absolute Gasteiger partial charge is 0.271 e. The molecule has 0 aliphatic carbocycles. The fourth-order valence-electron chi connectivity index (χ4n) is 1.84. The Morgan fingerprint density at radius 2 is 2.06 bits per heavy atom. The normalized spacial score (nSPS) is 12.4. The summed E-state index contributed by atoms with van der Waals surface area (Å²) in [5, 5.41) is 0. The van der Waals surface area contributed by atoms with Gasteiger partial charge in [-0.05, 0) is 37.1 Å². The minimum atomic E-state index is -0.272. The van der Waals surface area contributed by atoms with E-state index in [1.165, 1.54) is 6.07 Å². The molecule has 0 bridgehead atoms. The zero-order valence-corrected chi connectivity index (χ0v) is 10.3. The van der Waals surface area contributed by atoms with E-state index in [4.69, 9.17) is 5.84 Å². The van der Waals surface area contributed by atoms with Crippen LogP contribution in [0.25, 0.3) is 0 Å². The molecule has 4 nitrogen and oxygen atoms in total. The first-order valence-corrected chi connectivity index (χ1v) is 5.63. The molecule has 94 valence electrons. The van der Waals surface area contributed by atoms with Gasteiger partial charge < -0.3 is 0 Å². The zero-order chi connectivity index (χ0) is 13.1. The molecule has 3 N–H and O–H groups in total. The van der Waals surface area contributed by atoms with E-state index in [0.717, 1.165) is 11.3 Å². The molecular formula is C13H15FN4. The van der Waals surface area contributed by atoms with Gasteiger partial charge in [-0.2, -0.15) is 0 Å².